The quantitative estimate of drug-likeness (QED) is 0.296. The fraction of sp³-hybridized carbons (Fsp3) is 0.520. The number of fused-ring (bicyclic) bond motifs is 3. The van der Waals surface area contributed by atoms with Crippen LogP contribution in [0, 0.1) is 17.8 Å². The van der Waals surface area contributed by atoms with E-state index in [2.05, 4.69) is 10.3 Å². The molecule has 1 heterocycles. The van der Waals surface area contributed by atoms with Crippen molar-refractivity contribution in [3.8, 4) is 5.75 Å². The van der Waals surface area contributed by atoms with Gasteiger partial charge in [-0.2, -0.15) is 0 Å². The number of carbonyl (C=O) groups is 3. The number of aromatic hydroxyl groups is 1. The number of primary amides is 1. The van der Waals surface area contributed by atoms with Crippen molar-refractivity contribution in [1.82, 2.24) is 15.2 Å². The summed E-state index contributed by atoms with van der Waals surface area (Å²) in [4.78, 5) is 44.8. The third kappa shape index (κ3) is 3.69. The summed E-state index contributed by atoms with van der Waals surface area (Å²) >= 11 is 0. The average Bonchev–Trinajstić information content (AvgIpc) is 2.77. The second-order valence-electron chi connectivity index (χ2n) is 10.4. The highest BCUT2D eigenvalue weighted by Crippen LogP contribution is 2.52. The molecule has 11 nitrogen and oxygen atoms in total. The molecule has 1 aromatic rings. The summed E-state index contributed by atoms with van der Waals surface area (Å²) in [6.07, 6.45) is 1.78. The number of likely N-dealkylation sites (N-methyl/N-ethyl adjacent to an activating group) is 1. The number of aromatic nitrogens is 1. The zero-order chi connectivity index (χ0) is 26.7. The molecule has 0 spiro atoms. The largest absolute Gasteiger partial charge is 0.510 e. The van der Waals surface area contributed by atoms with E-state index in [-0.39, 0.29) is 42.0 Å². The second kappa shape index (κ2) is 8.99. The molecule has 0 saturated heterocycles. The van der Waals surface area contributed by atoms with E-state index in [9.17, 15) is 34.8 Å². The lowest BCUT2D eigenvalue weighted by Gasteiger charge is -2.50. The number of Topliss-reactive ketones (excluding diaryl/α,β-unsaturated/α-hetero) is 2. The van der Waals surface area contributed by atoms with Crippen LogP contribution in [0.5, 0.6) is 5.75 Å². The van der Waals surface area contributed by atoms with Crippen LogP contribution in [0.2, 0.25) is 0 Å². The number of carbonyl (C=O) groups excluding carboxylic acids is 3. The van der Waals surface area contributed by atoms with Crippen LogP contribution in [0.25, 0.3) is 0 Å². The molecule has 0 saturated carbocycles. The summed E-state index contributed by atoms with van der Waals surface area (Å²) in [7, 11) is 3.17. The maximum absolute atomic E-state index is 13.6. The van der Waals surface area contributed by atoms with Gasteiger partial charge < -0.3 is 31.5 Å². The van der Waals surface area contributed by atoms with Gasteiger partial charge in [-0.25, -0.2) is 0 Å². The molecule has 11 heteroatoms. The lowest BCUT2D eigenvalue weighted by molar-refractivity contribution is -0.148. The zero-order valence-corrected chi connectivity index (χ0v) is 20.7. The Morgan fingerprint density at radius 2 is 1.94 bits per heavy atom. The first-order valence-corrected chi connectivity index (χ1v) is 11.9. The minimum absolute atomic E-state index is 0.0351. The summed E-state index contributed by atoms with van der Waals surface area (Å²) in [6.45, 7) is 4.95. The SMILES string of the molecule is CC(C)CNCc1ncc2c(c1O)C(=O)C1=C(O)[C@]3(O)C(=O)C(C(N)=O)=C(O)[C@@H](N(C)C)[C@@H]3C[C@@H]1C2. The molecule has 36 heavy (non-hydrogen) atoms. The third-order valence-corrected chi connectivity index (χ3v) is 7.38. The van der Waals surface area contributed by atoms with Gasteiger partial charge in [0, 0.05) is 24.2 Å². The monoisotopic (exact) mass is 500 g/mol. The molecule has 4 atom stereocenters. The van der Waals surface area contributed by atoms with Gasteiger partial charge in [-0.05, 0) is 50.9 Å². The number of hydrogen-bond donors (Lipinski definition) is 6. The number of nitrogens with one attached hydrogen (secondary N) is 1. The molecular weight excluding hydrogens is 468 g/mol. The Bertz CT molecular complexity index is 1220. The van der Waals surface area contributed by atoms with E-state index in [0.717, 1.165) is 0 Å². The van der Waals surface area contributed by atoms with Gasteiger partial charge in [-0.3, -0.25) is 24.3 Å². The predicted molar refractivity (Wildman–Crippen MR) is 128 cm³/mol. The molecular formula is C25H32N4O7. The first-order chi connectivity index (χ1) is 16.8. The first-order valence-electron chi connectivity index (χ1n) is 11.9. The highest BCUT2D eigenvalue weighted by molar-refractivity contribution is 6.24. The number of hydrogen-bond acceptors (Lipinski definition) is 10. The molecule has 1 amide bonds. The van der Waals surface area contributed by atoms with Gasteiger partial charge in [0.05, 0.1) is 17.3 Å². The van der Waals surface area contributed by atoms with E-state index in [1.807, 2.05) is 13.8 Å². The van der Waals surface area contributed by atoms with Gasteiger partial charge in [-0.1, -0.05) is 13.8 Å². The van der Waals surface area contributed by atoms with E-state index in [1.165, 1.54) is 11.1 Å². The molecule has 3 aliphatic rings. The molecule has 7 N–H and O–H groups in total. The molecule has 0 unspecified atom stereocenters. The Labute approximate surface area is 208 Å². The number of nitrogens with zero attached hydrogens (tertiary/aromatic N) is 2. The van der Waals surface area contributed by atoms with Crippen molar-refractivity contribution in [2.24, 2.45) is 23.5 Å². The minimum atomic E-state index is -2.64. The van der Waals surface area contributed by atoms with Crippen LogP contribution in [0.15, 0.2) is 28.9 Å². The summed E-state index contributed by atoms with van der Waals surface area (Å²) in [5.74, 6) is -6.31. The Balaban J connectivity index is 1.83. The summed E-state index contributed by atoms with van der Waals surface area (Å²) in [5, 5.41) is 47.7. The molecule has 4 rings (SSSR count). The highest BCUT2D eigenvalue weighted by atomic mass is 16.3. The first kappa shape index (κ1) is 25.8. The van der Waals surface area contributed by atoms with Gasteiger partial charge in [-0.15, -0.1) is 0 Å². The van der Waals surface area contributed by atoms with E-state index < -0.39 is 58.0 Å². The van der Waals surface area contributed by atoms with Gasteiger partial charge >= 0.3 is 0 Å². The van der Waals surface area contributed by atoms with Crippen LogP contribution in [-0.4, -0.2) is 80.1 Å². The molecule has 0 aromatic carbocycles. The number of ketones is 2. The minimum Gasteiger partial charge on any atom is -0.510 e. The van der Waals surface area contributed by atoms with E-state index in [1.54, 1.807) is 14.1 Å². The normalized spacial score (nSPS) is 27.9. The van der Waals surface area contributed by atoms with Crippen LogP contribution >= 0.6 is 0 Å². The zero-order valence-electron chi connectivity index (χ0n) is 20.7. The lowest BCUT2D eigenvalue weighted by Crippen LogP contribution is -2.63. The second-order valence-corrected chi connectivity index (χ2v) is 10.4. The van der Waals surface area contributed by atoms with Crippen molar-refractivity contribution in [2.45, 2.75) is 44.9 Å². The van der Waals surface area contributed by atoms with Crippen molar-refractivity contribution < 1.29 is 34.8 Å². The van der Waals surface area contributed by atoms with Crippen molar-refractivity contribution in [1.29, 1.82) is 0 Å². The Morgan fingerprint density at radius 3 is 2.53 bits per heavy atom. The van der Waals surface area contributed by atoms with Crippen molar-refractivity contribution >= 4 is 17.5 Å². The van der Waals surface area contributed by atoms with E-state index in [4.69, 9.17) is 5.73 Å². The highest BCUT2D eigenvalue weighted by Gasteiger charge is 2.63. The predicted octanol–water partition coefficient (Wildman–Crippen LogP) is 0.261. The van der Waals surface area contributed by atoms with Crippen LogP contribution in [-0.2, 0) is 22.6 Å². The summed E-state index contributed by atoms with van der Waals surface area (Å²) in [5.41, 5.74) is 2.40. The van der Waals surface area contributed by atoms with Crippen LogP contribution in [0.3, 0.4) is 0 Å². The van der Waals surface area contributed by atoms with Crippen molar-refractivity contribution in [3.05, 3.63) is 45.7 Å². The summed E-state index contributed by atoms with van der Waals surface area (Å²) in [6, 6.07) is -1.02. The van der Waals surface area contributed by atoms with E-state index >= 15 is 0 Å². The van der Waals surface area contributed by atoms with Gasteiger partial charge in [0.25, 0.3) is 5.91 Å². The Hall–Kier alpha value is -3.28. The third-order valence-electron chi connectivity index (χ3n) is 7.38. The van der Waals surface area contributed by atoms with Crippen molar-refractivity contribution in [3.63, 3.8) is 0 Å². The van der Waals surface area contributed by atoms with Crippen molar-refractivity contribution in [2.75, 3.05) is 20.6 Å². The Morgan fingerprint density at radius 1 is 1.28 bits per heavy atom. The maximum Gasteiger partial charge on any atom is 0.255 e. The number of allylic oxidation sites excluding steroid dienone is 1. The fourth-order valence-corrected chi connectivity index (χ4v) is 5.76. The van der Waals surface area contributed by atoms with Crippen LogP contribution in [0.1, 0.15) is 41.9 Å². The number of aliphatic hydroxyl groups is 3. The molecule has 1 aromatic heterocycles. The van der Waals surface area contributed by atoms with Gasteiger partial charge in [0.2, 0.25) is 5.78 Å². The number of nitrogens with two attached hydrogens (primary N) is 1. The molecule has 3 aliphatic carbocycles. The van der Waals surface area contributed by atoms with Crippen LogP contribution in [0.4, 0.5) is 0 Å². The fourth-order valence-electron chi connectivity index (χ4n) is 5.76. The Kier molecular flexibility index (Phi) is 6.44. The maximum atomic E-state index is 13.6. The smallest absolute Gasteiger partial charge is 0.255 e. The molecule has 0 radical (unpaired) electrons. The average molecular weight is 501 g/mol. The molecule has 194 valence electrons. The lowest BCUT2D eigenvalue weighted by atomic mass is 9.58. The molecule has 0 aliphatic heterocycles. The molecule has 0 bridgehead atoms. The van der Waals surface area contributed by atoms with E-state index in [0.29, 0.717) is 18.0 Å². The van der Waals surface area contributed by atoms with Gasteiger partial charge in [0.15, 0.2) is 11.4 Å². The number of aliphatic hydroxyl groups excluding tert-OH is 2. The number of amides is 1. The topological polar surface area (TPSA) is 186 Å². The summed E-state index contributed by atoms with van der Waals surface area (Å²) < 4.78 is 0. The molecule has 0 fully saturated rings. The number of rotatable bonds is 6. The van der Waals surface area contributed by atoms with Crippen LogP contribution < -0.4 is 11.1 Å². The van der Waals surface area contributed by atoms with Gasteiger partial charge in [0.1, 0.15) is 22.8 Å². The number of pyridine rings is 1. The standard InChI is InChI=1S/C25H32N4O7/c1-10(2)7-27-9-14-19(30)15-12(8-28-14)5-11-6-13-18(29(3)4)21(32)17(24(26)35)23(34)25(13,36)22(33)16(11)20(15)31/h8,10-11,13,18,27,30,32-33,36H,5-7,9H2,1-4H3,(H2,26,35)/t11-,13-,18-,25-/m0/s1.